The van der Waals surface area contributed by atoms with Crippen LogP contribution in [0.3, 0.4) is 0 Å². The van der Waals surface area contributed by atoms with Gasteiger partial charge in [-0.2, -0.15) is 0 Å². The number of aromatic carboxylic acids is 1. The minimum Gasteiger partial charge on any atom is -0.476 e. The van der Waals surface area contributed by atoms with E-state index in [1.807, 2.05) is 35.8 Å². The summed E-state index contributed by atoms with van der Waals surface area (Å²) in [5.41, 5.74) is 8.99. The van der Waals surface area contributed by atoms with E-state index in [0.29, 0.717) is 23.1 Å². The lowest BCUT2D eigenvalue weighted by Gasteiger charge is -2.13. The molecule has 5 N–H and O–H groups in total. The Morgan fingerprint density at radius 2 is 1.85 bits per heavy atom. The molecule has 0 spiro atoms. The third-order valence-electron chi connectivity index (χ3n) is 7.33. The van der Waals surface area contributed by atoms with Crippen LogP contribution in [0.4, 0.5) is 5.82 Å². The van der Waals surface area contributed by atoms with Crippen molar-refractivity contribution in [3.05, 3.63) is 85.9 Å². The first kappa shape index (κ1) is 32.5. The number of carbonyl (C=O) groups is 3. The van der Waals surface area contributed by atoms with E-state index in [1.165, 1.54) is 12.1 Å². The highest BCUT2D eigenvalue weighted by molar-refractivity contribution is 7.15. The van der Waals surface area contributed by atoms with E-state index in [1.54, 1.807) is 11.3 Å². The number of rotatable bonds is 9. The first-order chi connectivity index (χ1) is 22.1. The molecule has 0 unspecified atom stereocenters. The number of aromatic nitrogens is 4. The lowest BCUT2D eigenvalue weighted by molar-refractivity contribution is -0.122. The fourth-order valence-corrected chi connectivity index (χ4v) is 6.34. The quantitative estimate of drug-likeness (QED) is 0.153. The summed E-state index contributed by atoms with van der Waals surface area (Å²) in [6, 6.07) is 9.80. The number of carboxylic acids is 1. The van der Waals surface area contributed by atoms with Crippen LogP contribution in [0.15, 0.2) is 41.4 Å². The summed E-state index contributed by atoms with van der Waals surface area (Å²) >= 11 is 7.81. The Labute approximate surface area is 274 Å². The maximum Gasteiger partial charge on any atom is 0.355 e. The number of thiophene rings is 1. The van der Waals surface area contributed by atoms with Gasteiger partial charge in [0.2, 0.25) is 11.8 Å². The van der Waals surface area contributed by atoms with Gasteiger partial charge >= 0.3 is 5.97 Å². The predicted octanol–water partition coefficient (Wildman–Crippen LogP) is 4.13. The Balaban J connectivity index is 1.26. The minimum atomic E-state index is -1.27. The summed E-state index contributed by atoms with van der Waals surface area (Å²) in [7, 11) is 0. The van der Waals surface area contributed by atoms with Crippen molar-refractivity contribution in [1.82, 2.24) is 25.1 Å². The minimum absolute atomic E-state index is 0.0235. The average Bonchev–Trinajstić information content (AvgIpc) is 3.50. The van der Waals surface area contributed by atoms with E-state index < -0.39 is 12.0 Å². The van der Waals surface area contributed by atoms with Crippen LogP contribution in [-0.2, 0) is 9.59 Å². The number of amides is 2. The van der Waals surface area contributed by atoms with Gasteiger partial charge in [0.25, 0.3) is 0 Å². The molecule has 5 rings (SSSR count). The number of aryl methyl sites for hydroxylation is 2. The fraction of sp³-hybridized carbons (Fsp3) is 0.281. The van der Waals surface area contributed by atoms with Gasteiger partial charge in [-0.15, -0.1) is 21.5 Å². The van der Waals surface area contributed by atoms with Gasteiger partial charge in [-0.25, -0.2) is 9.78 Å². The second kappa shape index (κ2) is 14.0. The largest absolute Gasteiger partial charge is 0.476 e. The van der Waals surface area contributed by atoms with E-state index in [-0.39, 0.29) is 54.8 Å². The van der Waals surface area contributed by atoms with Crippen LogP contribution in [0.25, 0.3) is 5.00 Å². The number of hydrogen-bond acceptors (Lipinski definition) is 9. The summed E-state index contributed by atoms with van der Waals surface area (Å²) in [5.74, 6) is 4.71. The molecule has 0 aliphatic carbocycles. The van der Waals surface area contributed by atoms with Crippen molar-refractivity contribution in [1.29, 1.82) is 0 Å². The van der Waals surface area contributed by atoms with Gasteiger partial charge < -0.3 is 21.5 Å². The first-order valence-corrected chi connectivity index (χ1v) is 15.6. The molecule has 0 bridgehead atoms. The van der Waals surface area contributed by atoms with Gasteiger partial charge in [0.1, 0.15) is 22.7 Å². The standard InChI is InChI=1S/C32H31ClN8O4S/c1-17-18(2)46-31-27(17)28(21-8-11-22(33)12-9-21)36-23(30-40-39-19(3)41(30)31)16-26(43)35-15-5-7-25(42)37-24-13-10-20(6-4-14-34)29(38-24)32(44)45/h8-13,23H,5,7,14-16,34H2,1-3H3,(H,35,43)(H,44,45)(H,37,38,42)/t23-/m0/s1. The van der Waals surface area contributed by atoms with E-state index >= 15 is 0 Å². The first-order valence-electron chi connectivity index (χ1n) is 14.4. The third kappa shape index (κ3) is 6.99. The van der Waals surface area contributed by atoms with Gasteiger partial charge in [0.05, 0.1) is 24.2 Å². The lowest BCUT2D eigenvalue weighted by Crippen LogP contribution is -2.27. The number of carboxylic acid groups (broad SMARTS) is 1. The van der Waals surface area contributed by atoms with E-state index in [2.05, 4.69) is 51.5 Å². The van der Waals surface area contributed by atoms with Gasteiger partial charge in [-0.05, 0) is 57.0 Å². The van der Waals surface area contributed by atoms with E-state index in [4.69, 9.17) is 22.3 Å². The number of nitrogens with one attached hydrogen (secondary N) is 2. The molecule has 4 heterocycles. The number of nitrogens with two attached hydrogens (primary N) is 1. The summed E-state index contributed by atoms with van der Waals surface area (Å²) < 4.78 is 1.98. The Kier molecular flexibility index (Phi) is 9.91. The molecule has 0 radical (unpaired) electrons. The number of nitrogens with zero attached hydrogens (tertiary/aromatic N) is 5. The Hall–Kier alpha value is -4.90. The highest BCUT2D eigenvalue weighted by Gasteiger charge is 2.32. The van der Waals surface area contributed by atoms with Crippen LogP contribution in [0, 0.1) is 32.6 Å². The summed E-state index contributed by atoms with van der Waals surface area (Å²) in [6.45, 7) is 6.32. The molecule has 12 nitrogen and oxygen atoms in total. The highest BCUT2D eigenvalue weighted by Crippen LogP contribution is 2.39. The van der Waals surface area contributed by atoms with Gasteiger partial charge in [-0.1, -0.05) is 35.6 Å². The molecule has 14 heteroatoms. The maximum absolute atomic E-state index is 13.2. The third-order valence-corrected chi connectivity index (χ3v) is 8.77. The number of aliphatic imine (C=N–C) groups is 1. The SMILES string of the molecule is Cc1sc2c(c1C)C(c1ccc(Cl)cc1)=N[C@@H](CC(=O)NCCCC(=O)Nc1ccc(C#CCN)c(C(=O)O)n1)c1nnc(C)n1-2. The number of fused-ring (bicyclic) bond motifs is 3. The van der Waals surface area contributed by atoms with E-state index in [0.717, 1.165) is 32.3 Å². The second-order valence-corrected chi connectivity index (χ2v) is 12.2. The summed E-state index contributed by atoms with van der Waals surface area (Å²) in [4.78, 5) is 47.5. The van der Waals surface area contributed by atoms with Crippen molar-refractivity contribution in [2.75, 3.05) is 18.4 Å². The Morgan fingerprint density at radius 3 is 2.57 bits per heavy atom. The smallest absolute Gasteiger partial charge is 0.355 e. The number of benzene rings is 1. The second-order valence-electron chi connectivity index (χ2n) is 10.5. The molecule has 0 fully saturated rings. The highest BCUT2D eigenvalue weighted by atomic mass is 35.5. The zero-order valence-corrected chi connectivity index (χ0v) is 26.9. The van der Waals surface area contributed by atoms with Crippen molar-refractivity contribution in [2.45, 2.75) is 46.1 Å². The molecular formula is C32H31ClN8O4S. The molecule has 1 aliphatic rings. The number of pyridine rings is 1. The van der Waals surface area contributed by atoms with Crippen molar-refractivity contribution in [2.24, 2.45) is 10.7 Å². The topological polar surface area (TPSA) is 177 Å². The summed E-state index contributed by atoms with van der Waals surface area (Å²) in [5, 5.41) is 25.2. The van der Waals surface area contributed by atoms with Crippen LogP contribution in [0.1, 0.15) is 74.6 Å². The lowest BCUT2D eigenvalue weighted by atomic mass is 9.99. The van der Waals surface area contributed by atoms with Crippen LogP contribution in [0.5, 0.6) is 0 Å². The molecule has 0 saturated heterocycles. The van der Waals surface area contributed by atoms with Crippen molar-refractivity contribution < 1.29 is 19.5 Å². The van der Waals surface area contributed by atoms with Crippen molar-refractivity contribution in [3.8, 4) is 16.8 Å². The van der Waals surface area contributed by atoms with Crippen LogP contribution in [-0.4, -0.2) is 61.4 Å². The molecule has 3 aromatic heterocycles. The van der Waals surface area contributed by atoms with E-state index in [9.17, 15) is 19.5 Å². The fourth-order valence-electron chi connectivity index (χ4n) is 5.00. The average molecular weight is 659 g/mol. The zero-order chi connectivity index (χ0) is 33.0. The Morgan fingerprint density at radius 1 is 1.09 bits per heavy atom. The molecule has 1 aliphatic heterocycles. The molecule has 0 saturated carbocycles. The molecular weight excluding hydrogens is 628 g/mol. The van der Waals surface area contributed by atoms with Crippen LogP contribution < -0.4 is 16.4 Å². The summed E-state index contributed by atoms with van der Waals surface area (Å²) in [6.07, 6.45) is 0.446. The Bertz CT molecular complexity index is 1920. The molecule has 1 atom stereocenters. The predicted molar refractivity (Wildman–Crippen MR) is 176 cm³/mol. The number of halogens is 1. The van der Waals surface area contributed by atoms with Crippen molar-refractivity contribution >= 4 is 52.3 Å². The normalized spacial score (nSPS) is 13.4. The molecule has 2 amide bonds. The van der Waals surface area contributed by atoms with Gasteiger partial charge in [0.15, 0.2) is 11.5 Å². The maximum atomic E-state index is 13.2. The monoisotopic (exact) mass is 658 g/mol. The number of anilines is 1. The molecule has 46 heavy (non-hydrogen) atoms. The van der Waals surface area contributed by atoms with Crippen LogP contribution in [0.2, 0.25) is 5.02 Å². The van der Waals surface area contributed by atoms with Crippen molar-refractivity contribution in [3.63, 3.8) is 0 Å². The molecule has 1 aromatic carbocycles. The number of carbonyl (C=O) groups excluding carboxylic acids is 2. The van der Waals surface area contributed by atoms with Gasteiger partial charge in [0, 0.05) is 34.0 Å². The van der Waals surface area contributed by atoms with Gasteiger partial charge in [-0.3, -0.25) is 19.1 Å². The molecule has 4 aromatic rings. The molecule has 236 valence electrons. The van der Waals surface area contributed by atoms with Crippen LogP contribution >= 0.6 is 22.9 Å². The number of hydrogen-bond donors (Lipinski definition) is 4. The zero-order valence-electron chi connectivity index (χ0n) is 25.3.